The van der Waals surface area contributed by atoms with E-state index >= 15 is 0 Å². The molecule has 1 saturated carbocycles. The molecule has 0 aliphatic heterocycles. The lowest BCUT2D eigenvalue weighted by molar-refractivity contribution is -0.151. The summed E-state index contributed by atoms with van der Waals surface area (Å²) in [5.41, 5.74) is 0.379. The van der Waals surface area contributed by atoms with Crippen LogP contribution in [0.25, 0.3) is 0 Å². The van der Waals surface area contributed by atoms with Crippen molar-refractivity contribution in [1.82, 2.24) is 0 Å². The summed E-state index contributed by atoms with van der Waals surface area (Å²) < 4.78 is 10.5. The maximum Gasteiger partial charge on any atom is 0.309 e. The van der Waals surface area contributed by atoms with Gasteiger partial charge in [-0.25, -0.2) is 0 Å². The molecule has 2 rings (SSSR count). The van der Waals surface area contributed by atoms with Gasteiger partial charge in [0, 0.05) is 0 Å². The largest absolute Gasteiger partial charge is 0.493 e. The fourth-order valence-electron chi connectivity index (χ4n) is 3.08. The molecule has 0 aromatic heterocycles. The fourth-order valence-corrected chi connectivity index (χ4v) is 3.08. The van der Waals surface area contributed by atoms with Crippen LogP contribution in [-0.4, -0.2) is 25.3 Å². The van der Waals surface area contributed by atoms with Gasteiger partial charge < -0.3 is 14.6 Å². The first-order valence-electron chi connectivity index (χ1n) is 7.05. The smallest absolute Gasteiger partial charge is 0.309 e. The number of ether oxygens (including phenoxy) is 2. The van der Waals surface area contributed by atoms with Gasteiger partial charge in [-0.1, -0.05) is 25.3 Å². The third-order valence-electron chi connectivity index (χ3n) is 4.25. The zero-order valence-corrected chi connectivity index (χ0v) is 12.1. The summed E-state index contributed by atoms with van der Waals surface area (Å²) in [6.45, 7) is 0. The van der Waals surface area contributed by atoms with Crippen LogP contribution >= 0.6 is 0 Å². The summed E-state index contributed by atoms with van der Waals surface area (Å²) in [5, 5.41) is 9.62. The van der Waals surface area contributed by atoms with Crippen molar-refractivity contribution in [1.29, 1.82) is 0 Å². The molecule has 0 saturated heterocycles. The van der Waals surface area contributed by atoms with Gasteiger partial charge in [0.2, 0.25) is 0 Å². The van der Waals surface area contributed by atoms with E-state index < -0.39 is 11.4 Å². The summed E-state index contributed by atoms with van der Waals surface area (Å²) >= 11 is 0. The lowest BCUT2D eigenvalue weighted by Crippen LogP contribution is -2.35. The molecule has 0 atom stereocenters. The van der Waals surface area contributed by atoms with Crippen molar-refractivity contribution in [3.63, 3.8) is 0 Å². The van der Waals surface area contributed by atoms with Gasteiger partial charge in [0.15, 0.2) is 11.5 Å². The van der Waals surface area contributed by atoms with E-state index in [2.05, 4.69) is 0 Å². The number of benzene rings is 1. The first-order valence-corrected chi connectivity index (χ1v) is 7.05. The molecule has 0 amide bonds. The maximum absolute atomic E-state index is 11.7. The summed E-state index contributed by atoms with van der Waals surface area (Å²) in [6.07, 6.45) is 5.22. The quantitative estimate of drug-likeness (QED) is 0.898. The van der Waals surface area contributed by atoms with Crippen LogP contribution in [0.1, 0.15) is 37.7 Å². The second kappa shape index (κ2) is 6.16. The molecule has 4 nitrogen and oxygen atoms in total. The number of hydrogen-bond acceptors (Lipinski definition) is 3. The Morgan fingerprint density at radius 2 is 1.80 bits per heavy atom. The Kier molecular flexibility index (Phi) is 4.53. The third kappa shape index (κ3) is 2.89. The predicted octanol–water partition coefficient (Wildman–Crippen LogP) is 3.28. The van der Waals surface area contributed by atoms with Gasteiger partial charge in [0.05, 0.1) is 19.6 Å². The number of carboxylic acid groups (broad SMARTS) is 1. The molecule has 0 unspecified atom stereocenters. The standard InChI is InChI=1S/C16H22O4/c1-19-13-7-6-12(10-14(13)20-2)11-16(15(17)18)8-4-3-5-9-16/h6-7,10H,3-5,8-9,11H2,1-2H3,(H,17,18). The zero-order valence-electron chi connectivity index (χ0n) is 12.1. The van der Waals surface area contributed by atoms with Gasteiger partial charge in [-0.15, -0.1) is 0 Å². The molecule has 0 spiro atoms. The van der Waals surface area contributed by atoms with Crippen LogP contribution in [0.15, 0.2) is 18.2 Å². The second-order valence-electron chi connectivity index (χ2n) is 5.51. The minimum atomic E-state index is -0.674. The highest BCUT2D eigenvalue weighted by molar-refractivity contribution is 5.75. The van der Waals surface area contributed by atoms with E-state index in [1.54, 1.807) is 14.2 Å². The number of hydrogen-bond donors (Lipinski definition) is 1. The van der Waals surface area contributed by atoms with Crippen molar-refractivity contribution >= 4 is 5.97 Å². The molecular formula is C16H22O4. The molecule has 1 fully saturated rings. The number of carbonyl (C=O) groups is 1. The van der Waals surface area contributed by atoms with E-state index in [0.717, 1.165) is 37.7 Å². The Balaban J connectivity index is 2.25. The van der Waals surface area contributed by atoms with Crippen molar-refractivity contribution in [3.8, 4) is 11.5 Å². The average molecular weight is 278 g/mol. The van der Waals surface area contributed by atoms with Crippen molar-refractivity contribution in [2.75, 3.05) is 14.2 Å². The first kappa shape index (κ1) is 14.7. The summed E-state index contributed by atoms with van der Waals surface area (Å²) in [6, 6.07) is 5.66. The molecule has 0 bridgehead atoms. The van der Waals surface area contributed by atoms with E-state index in [9.17, 15) is 9.90 Å². The fraction of sp³-hybridized carbons (Fsp3) is 0.562. The summed E-state index contributed by atoms with van der Waals surface area (Å²) in [4.78, 5) is 11.7. The van der Waals surface area contributed by atoms with Crippen LogP contribution in [0.2, 0.25) is 0 Å². The first-order chi connectivity index (χ1) is 9.61. The normalized spacial score (nSPS) is 17.5. The molecular weight excluding hydrogens is 256 g/mol. The molecule has 1 aromatic rings. The maximum atomic E-state index is 11.7. The van der Waals surface area contributed by atoms with E-state index in [-0.39, 0.29) is 0 Å². The summed E-state index contributed by atoms with van der Waals surface area (Å²) in [5.74, 6) is 0.651. The van der Waals surface area contributed by atoms with Crippen molar-refractivity contribution < 1.29 is 19.4 Å². The molecule has 0 heterocycles. The Morgan fingerprint density at radius 3 is 2.35 bits per heavy atom. The van der Waals surface area contributed by atoms with Gasteiger partial charge in [0.25, 0.3) is 0 Å². The molecule has 20 heavy (non-hydrogen) atoms. The van der Waals surface area contributed by atoms with Crippen LogP contribution in [0.3, 0.4) is 0 Å². The Hall–Kier alpha value is -1.71. The molecule has 1 aliphatic rings. The number of methoxy groups -OCH3 is 2. The molecule has 1 aliphatic carbocycles. The van der Waals surface area contributed by atoms with E-state index in [1.165, 1.54) is 0 Å². The monoisotopic (exact) mass is 278 g/mol. The molecule has 1 N–H and O–H groups in total. The minimum Gasteiger partial charge on any atom is -0.493 e. The van der Waals surface area contributed by atoms with Crippen LogP contribution < -0.4 is 9.47 Å². The Labute approximate surface area is 119 Å². The van der Waals surface area contributed by atoms with Gasteiger partial charge >= 0.3 is 5.97 Å². The highest BCUT2D eigenvalue weighted by atomic mass is 16.5. The number of carboxylic acids is 1. The van der Waals surface area contributed by atoms with Gasteiger partial charge in [-0.2, -0.15) is 0 Å². The highest BCUT2D eigenvalue weighted by Crippen LogP contribution is 2.40. The number of rotatable bonds is 5. The van der Waals surface area contributed by atoms with E-state index in [4.69, 9.17) is 9.47 Å². The van der Waals surface area contributed by atoms with Crippen molar-refractivity contribution in [2.45, 2.75) is 38.5 Å². The van der Waals surface area contributed by atoms with Gasteiger partial charge in [-0.05, 0) is 37.0 Å². The summed E-state index contributed by atoms with van der Waals surface area (Å²) in [7, 11) is 3.19. The molecule has 110 valence electrons. The third-order valence-corrected chi connectivity index (χ3v) is 4.25. The Bertz CT molecular complexity index is 475. The lowest BCUT2D eigenvalue weighted by atomic mass is 9.70. The van der Waals surface area contributed by atoms with E-state index in [1.807, 2.05) is 18.2 Å². The number of aliphatic carboxylic acids is 1. The predicted molar refractivity (Wildman–Crippen MR) is 76.4 cm³/mol. The molecule has 4 heteroatoms. The van der Waals surface area contributed by atoms with Crippen molar-refractivity contribution in [3.05, 3.63) is 23.8 Å². The zero-order chi connectivity index (χ0) is 14.6. The highest BCUT2D eigenvalue weighted by Gasteiger charge is 2.39. The molecule has 1 aromatic carbocycles. The lowest BCUT2D eigenvalue weighted by Gasteiger charge is -2.33. The topological polar surface area (TPSA) is 55.8 Å². The minimum absolute atomic E-state index is 0.558. The second-order valence-corrected chi connectivity index (χ2v) is 5.51. The van der Waals surface area contributed by atoms with Crippen molar-refractivity contribution in [2.24, 2.45) is 5.41 Å². The molecule has 0 radical (unpaired) electrons. The van der Waals surface area contributed by atoms with Crippen LogP contribution in [-0.2, 0) is 11.2 Å². The van der Waals surface area contributed by atoms with Crippen LogP contribution in [0.4, 0.5) is 0 Å². The van der Waals surface area contributed by atoms with Crippen LogP contribution in [0.5, 0.6) is 11.5 Å². The van der Waals surface area contributed by atoms with Crippen LogP contribution in [0, 0.1) is 5.41 Å². The SMILES string of the molecule is COc1ccc(CC2(C(=O)O)CCCCC2)cc1OC. The Morgan fingerprint density at radius 1 is 1.15 bits per heavy atom. The van der Waals surface area contributed by atoms with Gasteiger partial charge in [-0.3, -0.25) is 4.79 Å². The van der Waals surface area contributed by atoms with Gasteiger partial charge in [0.1, 0.15) is 0 Å². The van der Waals surface area contributed by atoms with E-state index in [0.29, 0.717) is 17.9 Å². The average Bonchev–Trinajstić information content (AvgIpc) is 2.48.